The number of carboxylic acids is 5. The molecule has 0 heterocycles. The summed E-state index contributed by atoms with van der Waals surface area (Å²) in [5.41, 5.74) is -13.8. The van der Waals surface area contributed by atoms with E-state index >= 15 is 4.39 Å². The number of esters is 12. The summed E-state index contributed by atoms with van der Waals surface area (Å²) in [6.45, 7) is 47.5. The molecule has 4 saturated carbocycles. The lowest BCUT2D eigenvalue weighted by atomic mass is 9.71. The van der Waals surface area contributed by atoms with Gasteiger partial charge in [0, 0.05) is 24.7 Å². The van der Waals surface area contributed by atoms with Gasteiger partial charge < -0.3 is 82.4 Å². The normalized spacial score (nSPS) is 18.5. The van der Waals surface area contributed by atoms with Crippen LogP contribution in [0.4, 0.5) is 4.39 Å². The highest BCUT2D eigenvalue weighted by Gasteiger charge is 2.57. The Morgan fingerprint density at radius 1 is 0.338 bits per heavy atom. The second-order valence-electron chi connectivity index (χ2n) is 46.8. The van der Waals surface area contributed by atoms with Gasteiger partial charge in [0.1, 0.15) is 49.8 Å². The molecule has 9 unspecified atom stereocenters. The summed E-state index contributed by atoms with van der Waals surface area (Å²) in [6, 6.07) is 0. The smallest absolute Gasteiger partial charge is 0.344 e. The predicted octanol–water partition coefficient (Wildman–Crippen LogP) is 22.9. The van der Waals surface area contributed by atoms with Gasteiger partial charge in [-0.2, -0.15) is 0 Å². The van der Waals surface area contributed by atoms with E-state index in [1.807, 2.05) is 83.1 Å². The number of hydrogen-bond donors (Lipinski definition) is 5. The minimum absolute atomic E-state index is 0.0232. The van der Waals surface area contributed by atoms with Crippen LogP contribution in [0.25, 0.3) is 0 Å². The summed E-state index contributed by atoms with van der Waals surface area (Å²) in [7, 11) is 0. The van der Waals surface area contributed by atoms with Crippen molar-refractivity contribution >= 4 is 101 Å². The van der Waals surface area contributed by atoms with Crippen LogP contribution < -0.4 is 0 Å². The number of rotatable bonds is 58. The number of alkyl halides is 1. The minimum atomic E-state index is -2.78. The van der Waals surface area contributed by atoms with Crippen LogP contribution >= 0.6 is 0 Å². The Morgan fingerprint density at radius 2 is 0.716 bits per heavy atom. The van der Waals surface area contributed by atoms with Gasteiger partial charge in [-0.05, 0) is 277 Å². The Balaban J connectivity index is 0.00000186. The van der Waals surface area contributed by atoms with E-state index in [4.69, 9.17) is 72.2 Å². The maximum Gasteiger partial charge on any atom is 0.344 e. The third-order valence-corrected chi connectivity index (χ3v) is 30.2. The van der Waals surface area contributed by atoms with Crippen molar-refractivity contribution in [1.82, 2.24) is 0 Å². The molecule has 0 aromatic heterocycles. The van der Waals surface area contributed by atoms with Crippen LogP contribution in [-0.4, -0.2) is 209 Å². The fraction of sp³-hybridized carbons (Fsp3) is 0.850. The van der Waals surface area contributed by atoms with E-state index in [0.29, 0.717) is 77.4 Å². The molecule has 0 aliphatic heterocycles. The predicted molar refractivity (Wildman–Crippen MR) is 554 cm³/mol. The second kappa shape index (κ2) is 66.0. The summed E-state index contributed by atoms with van der Waals surface area (Å²) in [6.07, 6.45) is 28.2. The Hall–Kier alpha value is -9.08. The fourth-order valence-corrected chi connectivity index (χ4v) is 18.3. The molecule has 0 aromatic rings. The molecule has 856 valence electrons. The molecule has 4 aliphatic carbocycles. The van der Waals surface area contributed by atoms with Crippen molar-refractivity contribution in [1.29, 1.82) is 0 Å². The van der Waals surface area contributed by atoms with Crippen LogP contribution in [0.2, 0.25) is 0 Å². The Morgan fingerprint density at radius 3 is 1.16 bits per heavy atom. The molecule has 0 radical (unpaired) electrons. The first-order valence-electron chi connectivity index (χ1n) is 54.6. The van der Waals surface area contributed by atoms with Crippen LogP contribution in [0.15, 0.2) is 0 Å². The lowest BCUT2D eigenvalue weighted by Crippen LogP contribution is -2.52. The summed E-state index contributed by atoms with van der Waals surface area (Å²) < 4.78 is 81.9. The molecule has 0 amide bonds. The number of halogens is 1. The third-order valence-electron chi connectivity index (χ3n) is 30.2. The first kappa shape index (κ1) is 139. The molecule has 0 spiro atoms. The molecule has 0 saturated heterocycles. The number of unbranched alkanes of at least 4 members (excludes halogenated alkanes) is 4. The molecule has 34 nitrogen and oxygen atoms in total. The maximum absolute atomic E-state index is 17.3. The number of ether oxygens (including phenoxy) is 12. The Bertz CT molecular complexity index is 4140. The molecular weight excluding hydrogens is 1920 g/mol. The van der Waals surface area contributed by atoms with Crippen molar-refractivity contribution in [3.63, 3.8) is 0 Å². The fourth-order valence-electron chi connectivity index (χ4n) is 18.3. The van der Waals surface area contributed by atoms with Crippen molar-refractivity contribution in [3.8, 4) is 0 Å². The summed E-state index contributed by atoms with van der Waals surface area (Å²) in [5, 5.41) is 44.6. The minimum Gasteiger partial charge on any atom is -0.481 e. The average Bonchev–Trinajstić information content (AvgIpc) is 0.765. The molecule has 148 heavy (non-hydrogen) atoms. The molecule has 4 rings (SSSR count). The molecule has 4 aliphatic rings. The van der Waals surface area contributed by atoms with Gasteiger partial charge in [0.25, 0.3) is 0 Å². The summed E-state index contributed by atoms with van der Waals surface area (Å²) in [5.74, 6) is -13.5. The van der Waals surface area contributed by atoms with Gasteiger partial charge in [-0.3, -0.25) is 71.9 Å². The van der Waals surface area contributed by atoms with E-state index < -0.39 is 186 Å². The Kier molecular flexibility index (Phi) is 62.0. The highest BCUT2D eigenvalue weighted by atomic mass is 19.1. The zero-order valence-electron chi connectivity index (χ0n) is 95.4. The molecule has 5 N–H and O–H groups in total. The number of carbonyl (C=O) groups is 17. The van der Waals surface area contributed by atoms with Gasteiger partial charge in [-0.15, -0.1) is 0 Å². The summed E-state index contributed by atoms with van der Waals surface area (Å²) in [4.78, 5) is 206. The van der Waals surface area contributed by atoms with E-state index in [1.165, 1.54) is 26.7 Å². The van der Waals surface area contributed by atoms with Crippen molar-refractivity contribution in [2.75, 3.05) is 52.9 Å². The van der Waals surface area contributed by atoms with Crippen molar-refractivity contribution < 1.29 is 168 Å². The van der Waals surface area contributed by atoms with Gasteiger partial charge in [0.05, 0.1) is 99.2 Å². The largest absolute Gasteiger partial charge is 0.481 e. The third kappa shape index (κ3) is 50.0. The van der Waals surface area contributed by atoms with Crippen molar-refractivity contribution in [2.45, 2.75) is 492 Å². The van der Waals surface area contributed by atoms with Crippen LogP contribution in [0.5, 0.6) is 0 Å². The standard InChI is InChI=1S/C32H55FO8.C26H42O8.C20H36O6.C19H32O8.C16H28O4/c1-11-30(10,25(37)41-31(12-2)18-16-14-13-15-17-19-31)22-32(33,26(38)40-29(8,9)27(3,4)5)21-28(6,7)24(36)39-20-23(34)35;1-5-26(4,24(31)34-18-11-7-6-8-12-18)17-25(2,3)23(30)33-16-15-32-22(29)20-14-10-9-13-19(20)21(27)28;1-6-8-9-10-13-26-18(24)20(5,7-2)15-19(3,4)17(23)25-14-11-12-16(21)22;1-5-7-10-27-18(24)19(4,6-2)13-14(3)17(23)26-12-11-25-16(22)9-8-15(20)21;1-5-16(4,11-15(2,3)13(17)18)14(19)20-12-9-7-6-8-10-12/h11-22H2,1-10H3,(H,34,35);18-20H,5-17H2,1-4H3,(H,27,28);6-15H2,1-5H3,(H,21,22);14H,5-13H2,1-4H3,(H,20,21);12H,5-11H2,1-4H3,(H,17,18). The molecule has 35 heteroatoms. The van der Waals surface area contributed by atoms with Crippen LogP contribution in [-0.2, 0) is 138 Å². The van der Waals surface area contributed by atoms with E-state index in [1.54, 1.807) is 83.1 Å². The molecule has 0 aromatic carbocycles. The van der Waals surface area contributed by atoms with Crippen molar-refractivity contribution in [3.05, 3.63) is 0 Å². The SMILES string of the molecule is CCC(C)(CC(C)(C)C(=O)O)C(=O)OC1CCCCC1.CCC(C)(CC(C)(C)C(=O)OCCOC(=O)C1CCCCC1C(=O)O)C(=O)OC1CCCCC1.CCC1(OC(=O)C(C)(CC)CC(F)(CC(C)(C)C(=O)OCC(=O)O)C(=O)OC(C)(C)C(C)(C)C)CCCCCCC1.CCCCCCOC(=O)C(C)(CC)CC(C)(C)C(=O)OCCCC(=O)O.CCCCOC(=O)C(C)(CC)CC(C)C(=O)OCCOC(=O)CCC(=O)O. The van der Waals surface area contributed by atoms with E-state index in [2.05, 4.69) is 6.92 Å². The lowest BCUT2D eigenvalue weighted by Gasteiger charge is -2.43. The van der Waals surface area contributed by atoms with Gasteiger partial charge in [0.15, 0.2) is 6.61 Å². The molecule has 4 fully saturated rings. The van der Waals surface area contributed by atoms with Gasteiger partial charge in [0.2, 0.25) is 5.67 Å². The number of hydrogen-bond acceptors (Lipinski definition) is 29. The van der Waals surface area contributed by atoms with E-state index in [0.717, 1.165) is 148 Å². The van der Waals surface area contributed by atoms with E-state index in [9.17, 15) is 91.7 Å². The summed E-state index contributed by atoms with van der Waals surface area (Å²) >= 11 is 0. The number of aliphatic carboxylic acids is 5. The van der Waals surface area contributed by atoms with Crippen molar-refractivity contribution in [2.24, 2.45) is 71.9 Å². The topological polar surface area (TPSA) is 502 Å². The average molecular weight is 2110 g/mol. The monoisotopic (exact) mass is 2110 g/mol. The molecule has 9 atom stereocenters. The van der Waals surface area contributed by atoms with Gasteiger partial charge in [-0.1, -0.05) is 154 Å². The lowest BCUT2D eigenvalue weighted by molar-refractivity contribution is -0.192. The van der Waals surface area contributed by atoms with E-state index in [-0.39, 0.29) is 108 Å². The first-order chi connectivity index (χ1) is 68.5. The zero-order valence-corrected chi connectivity index (χ0v) is 95.4. The molecular formula is C113H193FO34. The van der Waals surface area contributed by atoms with Crippen LogP contribution in [0, 0.1) is 71.9 Å². The second-order valence-corrected chi connectivity index (χ2v) is 46.8. The van der Waals surface area contributed by atoms with Crippen LogP contribution in [0.1, 0.15) is 463 Å². The molecule has 0 bridgehead atoms. The van der Waals surface area contributed by atoms with Crippen LogP contribution in [0.3, 0.4) is 0 Å². The first-order valence-corrected chi connectivity index (χ1v) is 54.6. The quantitative estimate of drug-likeness (QED) is 0.0214. The van der Waals surface area contributed by atoms with Gasteiger partial charge in [-0.25, -0.2) is 14.0 Å². The number of carboxylic acid groups (broad SMARTS) is 5. The highest BCUT2D eigenvalue weighted by Crippen LogP contribution is 2.49. The zero-order chi connectivity index (χ0) is 114. The highest BCUT2D eigenvalue weighted by molar-refractivity contribution is 5.87. The maximum atomic E-state index is 17.3. The number of carbonyl (C=O) groups excluding carboxylic acids is 12. The Labute approximate surface area is 882 Å². The van der Waals surface area contributed by atoms with Gasteiger partial charge >= 0.3 is 101 Å².